The maximum atomic E-state index is 11.8. The van der Waals surface area contributed by atoms with Gasteiger partial charge < -0.3 is 5.32 Å². The van der Waals surface area contributed by atoms with Gasteiger partial charge in [0, 0.05) is 12.3 Å². The summed E-state index contributed by atoms with van der Waals surface area (Å²) < 4.78 is 0. The van der Waals surface area contributed by atoms with E-state index in [2.05, 4.69) is 20.3 Å². The van der Waals surface area contributed by atoms with Gasteiger partial charge >= 0.3 is 0 Å². The predicted molar refractivity (Wildman–Crippen MR) is 63.9 cm³/mol. The molecule has 1 amide bonds. The van der Waals surface area contributed by atoms with Gasteiger partial charge in [-0.1, -0.05) is 11.6 Å². The van der Waals surface area contributed by atoms with Crippen LogP contribution in [0.2, 0.25) is 5.15 Å². The first-order valence-electron chi connectivity index (χ1n) is 4.84. The minimum absolute atomic E-state index is 0.184. The van der Waals surface area contributed by atoms with Crippen LogP contribution in [0.3, 0.4) is 0 Å². The summed E-state index contributed by atoms with van der Waals surface area (Å²) in [4.78, 5) is 23.1. The van der Waals surface area contributed by atoms with Crippen LogP contribution in [0.1, 0.15) is 16.1 Å². The Hall–Kier alpha value is -2.52. The van der Waals surface area contributed by atoms with Gasteiger partial charge in [0.1, 0.15) is 29.1 Å². The van der Waals surface area contributed by atoms with Crippen LogP contribution in [0.25, 0.3) is 0 Å². The van der Waals surface area contributed by atoms with Crippen molar-refractivity contribution in [3.8, 4) is 6.07 Å². The first-order valence-corrected chi connectivity index (χ1v) is 5.22. The molecule has 0 radical (unpaired) electrons. The first-order chi connectivity index (χ1) is 8.69. The maximum absolute atomic E-state index is 11.8. The summed E-state index contributed by atoms with van der Waals surface area (Å²) in [5.74, 6) is -0.152. The first kappa shape index (κ1) is 12.0. The lowest BCUT2D eigenvalue weighted by atomic mass is 10.2. The minimum Gasteiger partial charge on any atom is -0.305 e. The number of pyridine rings is 1. The number of anilines is 1. The van der Waals surface area contributed by atoms with Gasteiger partial charge in [0.15, 0.2) is 0 Å². The zero-order chi connectivity index (χ0) is 13.0. The summed E-state index contributed by atoms with van der Waals surface area (Å²) in [5.41, 5.74) is 0.570. The average Bonchev–Trinajstić information content (AvgIpc) is 2.39. The lowest BCUT2D eigenvalue weighted by Gasteiger charge is -2.03. The van der Waals surface area contributed by atoms with Crippen molar-refractivity contribution >= 4 is 23.3 Å². The molecule has 18 heavy (non-hydrogen) atoms. The maximum Gasteiger partial charge on any atom is 0.275 e. The van der Waals surface area contributed by atoms with Crippen LogP contribution >= 0.6 is 11.6 Å². The monoisotopic (exact) mass is 259 g/mol. The molecular formula is C11H6ClN5O. The molecule has 7 heteroatoms. The quantitative estimate of drug-likeness (QED) is 0.828. The van der Waals surface area contributed by atoms with Gasteiger partial charge in [-0.15, -0.1) is 0 Å². The Balaban J connectivity index is 2.14. The Labute approximate surface area is 107 Å². The molecule has 0 saturated heterocycles. The highest BCUT2D eigenvalue weighted by Gasteiger charge is 2.08. The number of hydrogen-bond acceptors (Lipinski definition) is 5. The molecule has 6 nitrogen and oxygen atoms in total. The number of nitrogens with one attached hydrogen (secondary N) is 1. The third-order valence-corrected chi connectivity index (χ3v) is 2.21. The van der Waals surface area contributed by atoms with Crippen LogP contribution in [0.15, 0.2) is 30.7 Å². The number of nitrogens with zero attached hydrogens (tertiary/aromatic N) is 4. The number of aromatic nitrogens is 3. The Bertz CT molecular complexity index is 620. The van der Waals surface area contributed by atoms with E-state index in [-0.39, 0.29) is 16.7 Å². The SMILES string of the molecule is N#Cc1ccc(C(=O)Nc2cc(Cl)ncn2)nc1. The molecule has 0 saturated carbocycles. The fraction of sp³-hybridized carbons (Fsp3) is 0. The van der Waals surface area contributed by atoms with E-state index in [4.69, 9.17) is 16.9 Å². The third-order valence-electron chi connectivity index (χ3n) is 2.00. The molecule has 0 aliphatic carbocycles. The molecule has 0 fully saturated rings. The second-order valence-corrected chi connectivity index (χ2v) is 3.61. The highest BCUT2D eigenvalue weighted by molar-refractivity contribution is 6.29. The normalized spacial score (nSPS) is 9.56. The zero-order valence-electron chi connectivity index (χ0n) is 8.96. The Morgan fingerprint density at radius 1 is 1.33 bits per heavy atom. The molecule has 2 heterocycles. The molecule has 2 aromatic rings. The van der Waals surface area contributed by atoms with Gasteiger partial charge in [-0.2, -0.15) is 5.26 Å². The standard InChI is InChI=1S/C11H6ClN5O/c12-9-3-10(16-6-15-9)17-11(18)8-2-1-7(4-13)5-14-8/h1-3,5-6H,(H,15,16,17,18). The van der Waals surface area contributed by atoms with E-state index >= 15 is 0 Å². The number of rotatable bonds is 2. The second-order valence-electron chi connectivity index (χ2n) is 3.22. The molecule has 0 aromatic carbocycles. The number of carbonyl (C=O) groups excluding carboxylic acids is 1. The topological polar surface area (TPSA) is 91.6 Å². The van der Waals surface area contributed by atoms with Crippen LogP contribution in [-0.2, 0) is 0 Å². The van der Waals surface area contributed by atoms with Crippen molar-refractivity contribution in [2.24, 2.45) is 0 Å². The molecule has 0 bridgehead atoms. The van der Waals surface area contributed by atoms with E-state index < -0.39 is 5.91 Å². The number of carbonyl (C=O) groups is 1. The number of halogens is 1. The summed E-state index contributed by atoms with van der Waals surface area (Å²) in [5, 5.41) is 11.4. The molecule has 2 rings (SSSR count). The van der Waals surface area contributed by atoms with Gasteiger partial charge in [0.2, 0.25) is 0 Å². The number of nitriles is 1. The van der Waals surface area contributed by atoms with Crippen molar-refractivity contribution in [1.82, 2.24) is 15.0 Å². The van der Waals surface area contributed by atoms with Gasteiger partial charge in [-0.3, -0.25) is 4.79 Å². The molecule has 88 valence electrons. The van der Waals surface area contributed by atoms with Gasteiger partial charge in [0.05, 0.1) is 5.56 Å². The van der Waals surface area contributed by atoms with Crippen LogP contribution in [0.5, 0.6) is 0 Å². The van der Waals surface area contributed by atoms with E-state index in [1.54, 1.807) is 0 Å². The Morgan fingerprint density at radius 2 is 2.17 bits per heavy atom. The highest BCUT2D eigenvalue weighted by atomic mass is 35.5. The van der Waals surface area contributed by atoms with E-state index in [1.807, 2.05) is 6.07 Å². The van der Waals surface area contributed by atoms with Crippen molar-refractivity contribution in [1.29, 1.82) is 5.26 Å². The summed E-state index contributed by atoms with van der Waals surface area (Å²) in [6, 6.07) is 6.30. The molecular weight excluding hydrogens is 254 g/mol. The van der Waals surface area contributed by atoms with Crippen LogP contribution in [-0.4, -0.2) is 20.9 Å². The smallest absolute Gasteiger partial charge is 0.275 e. The van der Waals surface area contributed by atoms with Crippen LogP contribution in [0, 0.1) is 11.3 Å². The Morgan fingerprint density at radius 3 is 2.78 bits per heavy atom. The van der Waals surface area contributed by atoms with Crippen LogP contribution < -0.4 is 5.32 Å². The molecule has 1 N–H and O–H groups in total. The fourth-order valence-corrected chi connectivity index (χ4v) is 1.32. The molecule has 0 aliphatic heterocycles. The highest BCUT2D eigenvalue weighted by Crippen LogP contribution is 2.09. The van der Waals surface area contributed by atoms with Crippen molar-refractivity contribution < 1.29 is 4.79 Å². The van der Waals surface area contributed by atoms with Gasteiger partial charge in [-0.25, -0.2) is 15.0 Å². The van der Waals surface area contributed by atoms with Crippen molar-refractivity contribution in [3.05, 3.63) is 47.1 Å². The van der Waals surface area contributed by atoms with Crippen molar-refractivity contribution in [2.45, 2.75) is 0 Å². The number of hydrogen-bond donors (Lipinski definition) is 1. The number of amides is 1. The van der Waals surface area contributed by atoms with E-state index in [9.17, 15) is 4.79 Å². The minimum atomic E-state index is -0.436. The van der Waals surface area contributed by atoms with Gasteiger partial charge in [-0.05, 0) is 12.1 Å². The lowest BCUT2D eigenvalue weighted by Crippen LogP contribution is -2.14. The summed E-state index contributed by atoms with van der Waals surface area (Å²) >= 11 is 5.66. The second kappa shape index (κ2) is 5.21. The van der Waals surface area contributed by atoms with Crippen LogP contribution in [0.4, 0.5) is 5.82 Å². The largest absolute Gasteiger partial charge is 0.305 e. The Kier molecular flexibility index (Phi) is 3.46. The zero-order valence-corrected chi connectivity index (χ0v) is 9.72. The average molecular weight is 260 g/mol. The van der Waals surface area contributed by atoms with Gasteiger partial charge in [0.25, 0.3) is 5.91 Å². The predicted octanol–water partition coefficient (Wildman–Crippen LogP) is 1.65. The van der Waals surface area contributed by atoms with E-state index in [1.165, 1.54) is 30.7 Å². The molecule has 2 aromatic heterocycles. The third kappa shape index (κ3) is 2.78. The summed E-state index contributed by atoms with van der Waals surface area (Å²) in [6.45, 7) is 0. The van der Waals surface area contributed by atoms with E-state index in [0.717, 1.165) is 0 Å². The fourth-order valence-electron chi connectivity index (χ4n) is 1.18. The lowest BCUT2D eigenvalue weighted by molar-refractivity contribution is 0.102. The van der Waals surface area contributed by atoms with Crippen molar-refractivity contribution in [2.75, 3.05) is 5.32 Å². The summed E-state index contributed by atoms with van der Waals surface area (Å²) in [6.07, 6.45) is 2.56. The molecule has 0 atom stereocenters. The molecule has 0 aliphatic rings. The summed E-state index contributed by atoms with van der Waals surface area (Å²) in [7, 11) is 0. The molecule has 0 spiro atoms. The van der Waals surface area contributed by atoms with E-state index in [0.29, 0.717) is 5.56 Å². The van der Waals surface area contributed by atoms with Crippen molar-refractivity contribution in [3.63, 3.8) is 0 Å². The molecule has 0 unspecified atom stereocenters.